The highest BCUT2D eigenvalue weighted by molar-refractivity contribution is 5.76. The maximum atomic E-state index is 14.0. The van der Waals surface area contributed by atoms with Gasteiger partial charge in [0, 0.05) is 25.3 Å². The third-order valence-electron chi connectivity index (χ3n) is 5.50. The third-order valence-corrected chi connectivity index (χ3v) is 5.50. The first-order valence-electron chi connectivity index (χ1n) is 9.14. The summed E-state index contributed by atoms with van der Waals surface area (Å²) in [5.41, 5.74) is 1.56. The third kappa shape index (κ3) is 3.29. The standard InChI is InChI=1S/C20H23FN4O2/c1-13(14-4-3-5-17(8-14)27-2)23-20(26)25-12-15-9-16(25)11-24(15)19-6-7-22-10-18(19)21/h3-8,10,13,15-16H,9,11-12H2,1-2H3,(H,23,26). The minimum Gasteiger partial charge on any atom is -0.497 e. The van der Waals surface area contributed by atoms with E-state index in [1.54, 1.807) is 19.4 Å². The number of ether oxygens (including phenoxy) is 1. The molecule has 4 rings (SSSR count). The van der Waals surface area contributed by atoms with Crippen LogP contribution >= 0.6 is 0 Å². The highest BCUT2D eigenvalue weighted by atomic mass is 19.1. The molecule has 2 aliphatic heterocycles. The van der Waals surface area contributed by atoms with E-state index >= 15 is 0 Å². The van der Waals surface area contributed by atoms with Gasteiger partial charge in [-0.1, -0.05) is 12.1 Å². The number of fused-ring (bicyclic) bond motifs is 2. The van der Waals surface area contributed by atoms with Crippen LogP contribution in [0.5, 0.6) is 5.75 Å². The Labute approximate surface area is 157 Å². The lowest BCUT2D eigenvalue weighted by Gasteiger charge is -2.36. The number of hydrogen-bond donors (Lipinski definition) is 1. The Kier molecular flexibility index (Phi) is 4.59. The van der Waals surface area contributed by atoms with E-state index in [2.05, 4.69) is 15.2 Å². The zero-order valence-corrected chi connectivity index (χ0v) is 15.4. The number of hydrogen-bond acceptors (Lipinski definition) is 4. The summed E-state index contributed by atoms with van der Waals surface area (Å²) >= 11 is 0. The largest absolute Gasteiger partial charge is 0.497 e. The minimum atomic E-state index is -0.312. The van der Waals surface area contributed by atoms with Gasteiger partial charge in [0.1, 0.15) is 5.75 Å². The first-order valence-corrected chi connectivity index (χ1v) is 9.14. The van der Waals surface area contributed by atoms with Gasteiger partial charge in [-0.3, -0.25) is 4.98 Å². The van der Waals surface area contributed by atoms with Crippen LogP contribution in [0.4, 0.5) is 14.9 Å². The van der Waals surface area contributed by atoms with Crippen LogP contribution < -0.4 is 15.0 Å². The van der Waals surface area contributed by atoms with Gasteiger partial charge in [-0.25, -0.2) is 9.18 Å². The van der Waals surface area contributed by atoms with Gasteiger partial charge < -0.3 is 19.9 Å². The second-order valence-electron chi connectivity index (χ2n) is 7.12. The number of urea groups is 1. The molecule has 0 radical (unpaired) electrons. The molecule has 2 fully saturated rings. The van der Waals surface area contributed by atoms with Crippen LogP contribution in [-0.4, -0.2) is 48.2 Å². The molecule has 6 nitrogen and oxygen atoms in total. The minimum absolute atomic E-state index is 0.0762. The Morgan fingerprint density at radius 1 is 1.33 bits per heavy atom. The maximum absolute atomic E-state index is 14.0. The number of halogens is 1. The van der Waals surface area contributed by atoms with E-state index in [0.717, 1.165) is 17.7 Å². The van der Waals surface area contributed by atoms with Crippen LogP contribution in [0.3, 0.4) is 0 Å². The SMILES string of the molecule is COc1cccc(C(C)NC(=O)N2CC3CC2CN3c2ccncc2F)c1. The van der Waals surface area contributed by atoms with Crippen molar-refractivity contribution in [2.75, 3.05) is 25.1 Å². The molecule has 7 heteroatoms. The van der Waals surface area contributed by atoms with Crippen LogP contribution in [0, 0.1) is 5.82 Å². The number of anilines is 1. The fourth-order valence-corrected chi connectivity index (χ4v) is 4.07. The Morgan fingerprint density at radius 2 is 2.19 bits per heavy atom. The summed E-state index contributed by atoms with van der Waals surface area (Å²) in [6, 6.07) is 9.43. The molecule has 142 valence electrons. The van der Waals surface area contributed by atoms with Crippen molar-refractivity contribution in [3.63, 3.8) is 0 Å². The Hall–Kier alpha value is -2.83. The van der Waals surface area contributed by atoms with Crippen molar-refractivity contribution in [1.29, 1.82) is 0 Å². The highest BCUT2D eigenvalue weighted by Crippen LogP contribution is 2.35. The quantitative estimate of drug-likeness (QED) is 0.899. The van der Waals surface area contributed by atoms with Crippen LogP contribution in [0.15, 0.2) is 42.7 Å². The smallest absolute Gasteiger partial charge is 0.318 e. The number of amides is 2. The zero-order chi connectivity index (χ0) is 19.0. The molecule has 2 aromatic rings. The molecule has 0 aliphatic carbocycles. The number of aromatic nitrogens is 1. The summed E-state index contributed by atoms with van der Waals surface area (Å²) in [7, 11) is 1.63. The first kappa shape index (κ1) is 17.6. The van der Waals surface area contributed by atoms with Crippen LogP contribution in [0.1, 0.15) is 24.9 Å². The van der Waals surface area contributed by atoms with Gasteiger partial charge in [-0.05, 0) is 37.1 Å². The normalized spacial score (nSPS) is 22.0. The molecule has 1 aromatic heterocycles. The van der Waals surface area contributed by atoms with Crippen molar-refractivity contribution in [1.82, 2.24) is 15.2 Å². The van der Waals surface area contributed by atoms with E-state index in [9.17, 15) is 9.18 Å². The molecule has 0 saturated carbocycles. The molecule has 2 aliphatic rings. The van der Waals surface area contributed by atoms with E-state index in [1.807, 2.05) is 36.1 Å². The van der Waals surface area contributed by atoms with Gasteiger partial charge in [0.15, 0.2) is 5.82 Å². The molecule has 2 amide bonds. The Bertz CT molecular complexity index is 846. The van der Waals surface area contributed by atoms with E-state index in [0.29, 0.717) is 18.8 Å². The lowest BCUT2D eigenvalue weighted by Crippen LogP contribution is -2.52. The van der Waals surface area contributed by atoms with Crippen molar-refractivity contribution < 1.29 is 13.9 Å². The van der Waals surface area contributed by atoms with Crippen LogP contribution in [-0.2, 0) is 0 Å². The van der Waals surface area contributed by atoms with Crippen molar-refractivity contribution in [3.8, 4) is 5.75 Å². The van der Waals surface area contributed by atoms with Crippen molar-refractivity contribution in [2.24, 2.45) is 0 Å². The molecular formula is C20H23FN4O2. The summed E-state index contributed by atoms with van der Waals surface area (Å²) in [5, 5.41) is 3.07. The molecule has 2 saturated heterocycles. The number of carbonyl (C=O) groups is 1. The van der Waals surface area contributed by atoms with Crippen LogP contribution in [0.2, 0.25) is 0 Å². The van der Waals surface area contributed by atoms with E-state index in [1.165, 1.54) is 6.20 Å². The predicted octanol–water partition coefficient (Wildman–Crippen LogP) is 2.96. The molecule has 2 bridgehead atoms. The molecule has 1 N–H and O–H groups in total. The van der Waals surface area contributed by atoms with E-state index in [4.69, 9.17) is 4.74 Å². The topological polar surface area (TPSA) is 57.7 Å². The number of nitrogens with zero attached hydrogens (tertiary/aromatic N) is 3. The number of nitrogens with one attached hydrogen (secondary N) is 1. The number of pyridine rings is 1. The van der Waals surface area contributed by atoms with Gasteiger partial charge in [0.05, 0.1) is 31.1 Å². The molecule has 3 atom stereocenters. The van der Waals surface area contributed by atoms with Crippen molar-refractivity contribution in [2.45, 2.75) is 31.5 Å². The van der Waals surface area contributed by atoms with Crippen molar-refractivity contribution >= 4 is 11.7 Å². The summed E-state index contributed by atoms with van der Waals surface area (Å²) < 4.78 is 19.3. The van der Waals surface area contributed by atoms with Gasteiger partial charge in [0.25, 0.3) is 0 Å². The summed E-state index contributed by atoms with van der Waals surface area (Å²) in [5.74, 6) is 0.455. The zero-order valence-electron chi connectivity index (χ0n) is 15.4. The maximum Gasteiger partial charge on any atom is 0.318 e. The lowest BCUT2D eigenvalue weighted by atomic mass is 10.1. The number of likely N-dealkylation sites (tertiary alicyclic amines) is 1. The second kappa shape index (κ2) is 7.06. The lowest BCUT2D eigenvalue weighted by molar-refractivity contribution is 0.185. The van der Waals surface area contributed by atoms with Crippen LogP contribution in [0.25, 0.3) is 0 Å². The summed E-state index contributed by atoms with van der Waals surface area (Å²) in [6.07, 6.45) is 3.70. The average Bonchev–Trinajstić information content (AvgIpc) is 3.29. The molecule has 27 heavy (non-hydrogen) atoms. The number of piperazine rings is 1. The molecular weight excluding hydrogens is 347 g/mol. The van der Waals surface area contributed by atoms with E-state index in [-0.39, 0.29) is 30.0 Å². The number of benzene rings is 1. The number of carbonyl (C=O) groups excluding carboxylic acids is 1. The fourth-order valence-electron chi connectivity index (χ4n) is 4.07. The fraction of sp³-hybridized carbons (Fsp3) is 0.400. The van der Waals surface area contributed by atoms with E-state index < -0.39 is 0 Å². The summed E-state index contributed by atoms with van der Waals surface area (Å²) in [4.78, 5) is 20.5. The molecule has 1 aromatic carbocycles. The molecule has 3 unspecified atom stereocenters. The average molecular weight is 370 g/mol. The highest BCUT2D eigenvalue weighted by Gasteiger charge is 2.46. The Balaban J connectivity index is 1.40. The van der Waals surface area contributed by atoms with Gasteiger partial charge in [-0.2, -0.15) is 0 Å². The first-order chi connectivity index (χ1) is 13.1. The number of methoxy groups -OCH3 is 1. The second-order valence-corrected chi connectivity index (χ2v) is 7.12. The number of rotatable bonds is 4. The predicted molar refractivity (Wildman–Crippen MR) is 100 cm³/mol. The summed E-state index contributed by atoms with van der Waals surface area (Å²) in [6.45, 7) is 3.20. The molecule has 0 spiro atoms. The van der Waals surface area contributed by atoms with Gasteiger partial charge in [0.2, 0.25) is 0 Å². The Morgan fingerprint density at radius 3 is 2.89 bits per heavy atom. The van der Waals surface area contributed by atoms with Gasteiger partial charge in [-0.15, -0.1) is 0 Å². The molecule has 3 heterocycles. The van der Waals surface area contributed by atoms with Crippen molar-refractivity contribution in [3.05, 3.63) is 54.1 Å². The van der Waals surface area contributed by atoms with Gasteiger partial charge >= 0.3 is 6.03 Å². The monoisotopic (exact) mass is 370 g/mol.